The molecule has 0 amide bonds. The summed E-state index contributed by atoms with van der Waals surface area (Å²) in [5.41, 5.74) is 7.30. The van der Waals surface area contributed by atoms with Crippen molar-refractivity contribution in [2.24, 2.45) is 0 Å². The highest BCUT2D eigenvalue weighted by atomic mass is 32.2. The summed E-state index contributed by atoms with van der Waals surface area (Å²) in [6.45, 7) is 3.47. The highest BCUT2D eigenvalue weighted by Gasteiger charge is 2.50. The summed E-state index contributed by atoms with van der Waals surface area (Å²) in [6, 6.07) is 38.4. The Kier molecular flexibility index (Phi) is 8.83. The number of benzene rings is 4. The first kappa shape index (κ1) is 30.5. The van der Waals surface area contributed by atoms with Crippen LogP contribution in [0, 0.1) is 0 Å². The summed E-state index contributed by atoms with van der Waals surface area (Å²) >= 11 is 0. The van der Waals surface area contributed by atoms with Crippen molar-refractivity contribution in [2.45, 2.75) is 68.6 Å². The van der Waals surface area contributed by atoms with E-state index in [9.17, 15) is 8.42 Å². The Balaban J connectivity index is 1.32. The van der Waals surface area contributed by atoms with Crippen molar-refractivity contribution in [3.8, 4) is 0 Å². The lowest BCUT2D eigenvalue weighted by Crippen LogP contribution is -2.36. The van der Waals surface area contributed by atoms with Gasteiger partial charge in [-0.05, 0) is 59.2 Å². The molecule has 1 aliphatic carbocycles. The lowest BCUT2D eigenvalue weighted by Gasteiger charge is -2.39. The summed E-state index contributed by atoms with van der Waals surface area (Å²) in [4.78, 5) is 2.72. The Morgan fingerprint density at radius 3 is 2.22 bits per heavy atom. The molecule has 0 fully saturated rings. The van der Waals surface area contributed by atoms with Crippen molar-refractivity contribution in [3.05, 3.63) is 155 Å². The van der Waals surface area contributed by atoms with E-state index in [0.29, 0.717) is 24.7 Å². The molecule has 0 radical (unpaired) electrons. The number of nitrogens with zero attached hydrogens (tertiary/aromatic N) is 1. The molecule has 2 heterocycles. The van der Waals surface area contributed by atoms with Gasteiger partial charge in [0.15, 0.2) is 9.84 Å². The number of para-hydroxylation sites is 1. The molecule has 6 heteroatoms. The fourth-order valence-electron chi connectivity index (χ4n) is 7.55. The minimum absolute atomic E-state index is 0.0281. The van der Waals surface area contributed by atoms with E-state index < -0.39 is 9.84 Å². The van der Waals surface area contributed by atoms with Crippen LogP contribution < -0.4 is 4.90 Å². The van der Waals surface area contributed by atoms with Gasteiger partial charge in [-0.25, -0.2) is 8.42 Å². The molecule has 0 saturated heterocycles. The molecule has 2 aliphatic rings. The minimum Gasteiger partial charge on any atom is -0.463 e. The smallest absolute Gasteiger partial charge is 0.180 e. The number of sulfone groups is 1. The van der Waals surface area contributed by atoms with Gasteiger partial charge in [0, 0.05) is 30.1 Å². The number of ether oxygens (including phenoxy) is 1. The second-order valence-electron chi connectivity index (χ2n) is 12.5. The van der Waals surface area contributed by atoms with Crippen molar-refractivity contribution in [2.75, 3.05) is 17.2 Å². The van der Waals surface area contributed by atoms with Gasteiger partial charge in [0.25, 0.3) is 0 Å². The number of anilines is 1. The maximum absolute atomic E-state index is 13.6. The highest BCUT2D eigenvalue weighted by molar-refractivity contribution is 7.91. The molecule has 4 aromatic carbocycles. The molecule has 5 aromatic rings. The molecule has 0 saturated carbocycles. The number of aryl methyl sites for hydroxylation is 1. The van der Waals surface area contributed by atoms with Crippen molar-refractivity contribution < 1.29 is 17.6 Å². The van der Waals surface area contributed by atoms with E-state index in [1.54, 1.807) is 24.3 Å². The number of rotatable bonds is 12. The lowest BCUT2D eigenvalue weighted by atomic mass is 9.68. The van der Waals surface area contributed by atoms with E-state index in [4.69, 9.17) is 9.15 Å². The van der Waals surface area contributed by atoms with Crippen LogP contribution in [0.15, 0.2) is 125 Å². The first-order valence-electron chi connectivity index (χ1n) is 16.5. The average Bonchev–Trinajstić information content (AvgIpc) is 3.62. The molecule has 46 heavy (non-hydrogen) atoms. The molecule has 1 aliphatic heterocycles. The van der Waals surface area contributed by atoms with Crippen LogP contribution >= 0.6 is 0 Å². The normalized spacial score (nSPS) is 18.6. The average molecular weight is 632 g/mol. The summed E-state index contributed by atoms with van der Waals surface area (Å²) in [5.74, 6) is 2.34. The summed E-state index contributed by atoms with van der Waals surface area (Å²) in [7, 11) is -3.48. The quantitative estimate of drug-likeness (QED) is 0.138. The molecule has 236 valence electrons. The van der Waals surface area contributed by atoms with E-state index in [1.807, 2.05) is 24.3 Å². The maximum Gasteiger partial charge on any atom is 0.180 e. The van der Waals surface area contributed by atoms with E-state index in [-0.39, 0.29) is 23.6 Å². The Hall–Kier alpha value is -4.13. The SMILES string of the molecule is CCCCc1oc(COCc2ccccc2)c2c1CC(c1ccccc1)[C@@H]1c3ccccc3N(CCS(=O)(=O)c3ccccc3)[C@H]21. The number of hydrogen-bond donors (Lipinski definition) is 0. The zero-order valence-corrected chi connectivity index (χ0v) is 27.2. The van der Waals surface area contributed by atoms with Gasteiger partial charge < -0.3 is 14.1 Å². The molecule has 0 bridgehead atoms. The van der Waals surface area contributed by atoms with Crippen LogP contribution in [0.1, 0.15) is 77.0 Å². The lowest BCUT2D eigenvalue weighted by molar-refractivity contribution is 0.0908. The number of fused-ring (bicyclic) bond motifs is 5. The molecule has 0 spiro atoms. The first-order chi connectivity index (χ1) is 22.5. The predicted octanol–water partition coefficient (Wildman–Crippen LogP) is 8.80. The van der Waals surface area contributed by atoms with Crippen LogP contribution in [0.3, 0.4) is 0 Å². The molecule has 7 rings (SSSR count). The monoisotopic (exact) mass is 631 g/mol. The van der Waals surface area contributed by atoms with E-state index in [2.05, 4.69) is 78.6 Å². The largest absolute Gasteiger partial charge is 0.463 e. The minimum atomic E-state index is -3.48. The molecular weight excluding hydrogens is 591 g/mol. The molecule has 1 aromatic heterocycles. The van der Waals surface area contributed by atoms with Gasteiger partial charge in [-0.1, -0.05) is 110 Å². The molecule has 1 unspecified atom stereocenters. The topological polar surface area (TPSA) is 59.8 Å². The van der Waals surface area contributed by atoms with Crippen molar-refractivity contribution in [1.82, 2.24) is 0 Å². The van der Waals surface area contributed by atoms with Gasteiger partial charge in [0.2, 0.25) is 0 Å². The summed E-state index contributed by atoms with van der Waals surface area (Å²) < 4.78 is 40.3. The van der Waals surface area contributed by atoms with Gasteiger partial charge in [-0.2, -0.15) is 0 Å². The molecule has 0 N–H and O–H groups in total. The van der Waals surface area contributed by atoms with Crippen molar-refractivity contribution in [3.63, 3.8) is 0 Å². The second kappa shape index (κ2) is 13.3. The second-order valence-corrected chi connectivity index (χ2v) is 14.6. The Bertz CT molecular complexity index is 1870. The number of hydrogen-bond acceptors (Lipinski definition) is 5. The van der Waals surface area contributed by atoms with Gasteiger partial charge in [0.05, 0.1) is 23.3 Å². The van der Waals surface area contributed by atoms with Crippen LogP contribution in [-0.4, -0.2) is 20.7 Å². The Morgan fingerprint density at radius 1 is 0.804 bits per heavy atom. The van der Waals surface area contributed by atoms with Gasteiger partial charge in [-0.3, -0.25) is 0 Å². The van der Waals surface area contributed by atoms with Crippen LogP contribution in [-0.2, 0) is 40.6 Å². The van der Waals surface area contributed by atoms with E-state index >= 15 is 0 Å². The fraction of sp³-hybridized carbons (Fsp3) is 0.300. The first-order valence-corrected chi connectivity index (χ1v) is 18.1. The highest BCUT2D eigenvalue weighted by Crippen LogP contribution is 2.60. The molecule has 5 nitrogen and oxygen atoms in total. The zero-order chi connectivity index (χ0) is 31.5. The van der Waals surface area contributed by atoms with Gasteiger partial charge in [-0.15, -0.1) is 0 Å². The summed E-state index contributed by atoms with van der Waals surface area (Å²) in [5, 5.41) is 0. The fourth-order valence-corrected chi connectivity index (χ4v) is 8.79. The number of furan rings is 1. The summed E-state index contributed by atoms with van der Waals surface area (Å²) in [6.07, 6.45) is 3.89. The van der Waals surface area contributed by atoms with Crippen molar-refractivity contribution in [1.29, 1.82) is 0 Å². The van der Waals surface area contributed by atoms with Gasteiger partial charge >= 0.3 is 0 Å². The van der Waals surface area contributed by atoms with Crippen LogP contribution in [0.2, 0.25) is 0 Å². The maximum atomic E-state index is 13.6. The molecular formula is C40H41NO4S. The van der Waals surface area contributed by atoms with Crippen molar-refractivity contribution >= 4 is 15.5 Å². The third-order valence-corrected chi connectivity index (χ3v) is 11.4. The van der Waals surface area contributed by atoms with E-state index in [1.165, 1.54) is 22.3 Å². The number of unbranched alkanes of at least 4 members (excludes halogenated alkanes) is 1. The standard InChI is InChI=1S/C40H41NO4S/c1-2-3-23-36-34-26-33(30-17-9-5-10-18-30)38-32-21-13-14-22-35(32)41(24-25-46(42,43)31-19-11-6-12-20-31)40(38)39(34)37(45-36)28-44-27-29-15-7-4-8-16-29/h4-22,33,38,40H,2-3,23-28H2,1H3/t33?,38-,40-/m0/s1. The molecule has 3 atom stereocenters. The van der Waals surface area contributed by atoms with Gasteiger partial charge in [0.1, 0.15) is 18.1 Å². The van der Waals surface area contributed by atoms with Crippen LogP contribution in [0.5, 0.6) is 0 Å². The predicted molar refractivity (Wildman–Crippen MR) is 183 cm³/mol. The Morgan fingerprint density at radius 2 is 1.48 bits per heavy atom. The van der Waals surface area contributed by atoms with E-state index in [0.717, 1.165) is 48.5 Å². The third kappa shape index (κ3) is 5.92. The third-order valence-electron chi connectivity index (χ3n) is 9.68. The Labute approximate surface area is 272 Å². The van der Waals surface area contributed by atoms with Crippen LogP contribution in [0.4, 0.5) is 5.69 Å². The zero-order valence-electron chi connectivity index (χ0n) is 26.3. The van der Waals surface area contributed by atoms with Crippen LogP contribution in [0.25, 0.3) is 0 Å².